The number of benzene rings is 1. The van der Waals surface area contributed by atoms with Crippen LogP contribution in [0.15, 0.2) is 30.5 Å². The van der Waals surface area contributed by atoms with Crippen LogP contribution in [0.5, 0.6) is 0 Å². The normalized spacial score (nSPS) is 11.7. The van der Waals surface area contributed by atoms with Gasteiger partial charge in [0.05, 0.1) is 16.6 Å². The molecular weight excluding hydrogens is 210 g/mol. The van der Waals surface area contributed by atoms with Crippen molar-refractivity contribution in [1.29, 1.82) is 0 Å². The summed E-state index contributed by atoms with van der Waals surface area (Å²) in [6.07, 6.45) is 2.80. The van der Waals surface area contributed by atoms with Crippen molar-refractivity contribution < 1.29 is 0 Å². The molecule has 0 amide bonds. The van der Waals surface area contributed by atoms with E-state index >= 15 is 0 Å². The smallest absolute Gasteiger partial charge is 0.107 e. The molecule has 0 unspecified atom stereocenters. The molecule has 0 bridgehead atoms. The lowest BCUT2D eigenvalue weighted by Crippen LogP contribution is -1.95. The highest BCUT2D eigenvalue weighted by molar-refractivity contribution is 6.02. The minimum absolute atomic E-state index is 0.611. The van der Waals surface area contributed by atoms with Crippen molar-refractivity contribution in [2.75, 3.05) is 0 Å². The molecule has 0 aliphatic carbocycles. The topological polar surface area (TPSA) is 41.6 Å². The number of aromatic nitrogens is 3. The molecule has 0 saturated carbocycles. The molecule has 1 aromatic carbocycles. The monoisotopic (exact) mass is 225 g/mol. The summed E-state index contributed by atoms with van der Waals surface area (Å²) in [5.74, 6) is 1.67. The van der Waals surface area contributed by atoms with Crippen molar-refractivity contribution in [2.45, 2.75) is 20.3 Å². The minimum Gasteiger partial charge on any atom is -0.342 e. The Bertz CT molecular complexity index is 667. The quantitative estimate of drug-likeness (QED) is 0.727. The first-order valence-electron chi connectivity index (χ1n) is 5.96. The van der Waals surface area contributed by atoms with Gasteiger partial charge in [-0.25, -0.2) is 4.98 Å². The number of rotatable bonds is 2. The number of aromatic amines is 1. The molecule has 2 heterocycles. The summed E-state index contributed by atoms with van der Waals surface area (Å²) in [6, 6.07) is 8.12. The van der Waals surface area contributed by atoms with Crippen LogP contribution in [0.1, 0.15) is 19.7 Å². The lowest BCUT2D eigenvalue weighted by molar-refractivity contribution is 0.627. The maximum absolute atomic E-state index is 4.69. The van der Waals surface area contributed by atoms with Gasteiger partial charge in [0.1, 0.15) is 5.82 Å². The Balaban J connectivity index is 2.24. The SMILES string of the molecule is CC(C)Cc1nc2c(ccc3ncccc32)[nH]1. The summed E-state index contributed by atoms with van der Waals surface area (Å²) in [5, 5.41) is 1.12. The Labute approximate surface area is 99.9 Å². The minimum atomic E-state index is 0.611. The van der Waals surface area contributed by atoms with E-state index in [1.807, 2.05) is 18.3 Å². The van der Waals surface area contributed by atoms with Crippen LogP contribution < -0.4 is 0 Å². The highest BCUT2D eigenvalue weighted by Crippen LogP contribution is 2.22. The van der Waals surface area contributed by atoms with E-state index in [1.165, 1.54) is 0 Å². The maximum Gasteiger partial charge on any atom is 0.107 e. The lowest BCUT2D eigenvalue weighted by atomic mass is 10.1. The van der Waals surface area contributed by atoms with E-state index in [0.29, 0.717) is 5.92 Å². The largest absolute Gasteiger partial charge is 0.342 e. The van der Waals surface area contributed by atoms with Gasteiger partial charge in [0.15, 0.2) is 0 Å². The molecule has 0 atom stereocenters. The summed E-state index contributed by atoms with van der Waals surface area (Å²) in [6.45, 7) is 4.40. The van der Waals surface area contributed by atoms with Crippen LogP contribution >= 0.6 is 0 Å². The van der Waals surface area contributed by atoms with Gasteiger partial charge in [-0.3, -0.25) is 4.98 Å². The first kappa shape index (κ1) is 10.3. The number of fused-ring (bicyclic) bond motifs is 3. The van der Waals surface area contributed by atoms with Crippen LogP contribution in [0.2, 0.25) is 0 Å². The number of hydrogen-bond donors (Lipinski definition) is 1. The van der Waals surface area contributed by atoms with Gasteiger partial charge in [0.2, 0.25) is 0 Å². The molecule has 1 N–H and O–H groups in total. The molecule has 0 saturated heterocycles. The van der Waals surface area contributed by atoms with Crippen molar-refractivity contribution in [3.05, 3.63) is 36.3 Å². The number of pyridine rings is 1. The zero-order chi connectivity index (χ0) is 11.8. The molecule has 0 spiro atoms. The van der Waals surface area contributed by atoms with Gasteiger partial charge in [-0.15, -0.1) is 0 Å². The molecule has 3 rings (SSSR count). The molecular formula is C14H15N3. The first-order chi connectivity index (χ1) is 8.24. The van der Waals surface area contributed by atoms with Crippen LogP contribution in [-0.2, 0) is 6.42 Å². The van der Waals surface area contributed by atoms with Crippen molar-refractivity contribution >= 4 is 21.9 Å². The molecule has 3 heteroatoms. The van der Waals surface area contributed by atoms with Crippen LogP contribution in [0.25, 0.3) is 21.9 Å². The van der Waals surface area contributed by atoms with E-state index in [0.717, 1.165) is 34.2 Å². The van der Waals surface area contributed by atoms with Crippen molar-refractivity contribution in [3.63, 3.8) is 0 Å². The Hall–Kier alpha value is -1.90. The van der Waals surface area contributed by atoms with E-state index in [9.17, 15) is 0 Å². The van der Waals surface area contributed by atoms with Gasteiger partial charge in [0, 0.05) is 18.0 Å². The van der Waals surface area contributed by atoms with Gasteiger partial charge < -0.3 is 4.98 Å². The summed E-state index contributed by atoms with van der Waals surface area (Å²) < 4.78 is 0. The molecule has 0 radical (unpaired) electrons. The lowest BCUT2D eigenvalue weighted by Gasteiger charge is -1.98. The van der Waals surface area contributed by atoms with Gasteiger partial charge in [-0.05, 0) is 30.2 Å². The molecule has 2 aromatic heterocycles. The summed E-state index contributed by atoms with van der Waals surface area (Å²) in [7, 11) is 0. The highest BCUT2D eigenvalue weighted by atomic mass is 14.9. The molecule has 0 fully saturated rings. The fourth-order valence-electron chi connectivity index (χ4n) is 2.16. The third-order valence-corrected chi connectivity index (χ3v) is 2.88. The van der Waals surface area contributed by atoms with E-state index in [-0.39, 0.29) is 0 Å². The average molecular weight is 225 g/mol. The Morgan fingerprint density at radius 3 is 2.94 bits per heavy atom. The fraction of sp³-hybridized carbons (Fsp3) is 0.286. The average Bonchev–Trinajstić information content (AvgIpc) is 2.70. The van der Waals surface area contributed by atoms with E-state index < -0.39 is 0 Å². The second-order valence-electron chi connectivity index (χ2n) is 4.81. The van der Waals surface area contributed by atoms with Crippen molar-refractivity contribution in [2.24, 2.45) is 5.92 Å². The van der Waals surface area contributed by atoms with Crippen molar-refractivity contribution in [1.82, 2.24) is 15.0 Å². The van der Waals surface area contributed by atoms with Gasteiger partial charge >= 0.3 is 0 Å². The van der Waals surface area contributed by atoms with Crippen LogP contribution in [-0.4, -0.2) is 15.0 Å². The molecule has 3 aromatic rings. The zero-order valence-electron chi connectivity index (χ0n) is 10.1. The van der Waals surface area contributed by atoms with Crippen LogP contribution in [0.4, 0.5) is 0 Å². The van der Waals surface area contributed by atoms with Crippen LogP contribution in [0, 0.1) is 5.92 Å². The number of imidazole rings is 1. The predicted molar refractivity (Wildman–Crippen MR) is 69.9 cm³/mol. The molecule has 0 aliphatic rings. The maximum atomic E-state index is 4.69. The third-order valence-electron chi connectivity index (χ3n) is 2.88. The van der Waals surface area contributed by atoms with Gasteiger partial charge in [0.25, 0.3) is 0 Å². The van der Waals surface area contributed by atoms with Crippen LogP contribution in [0.3, 0.4) is 0 Å². The Kier molecular flexibility index (Phi) is 2.32. The molecule has 0 aliphatic heterocycles. The molecule has 17 heavy (non-hydrogen) atoms. The fourth-order valence-corrected chi connectivity index (χ4v) is 2.16. The van der Waals surface area contributed by atoms with E-state index in [1.54, 1.807) is 0 Å². The van der Waals surface area contributed by atoms with Gasteiger partial charge in [-0.2, -0.15) is 0 Å². The zero-order valence-corrected chi connectivity index (χ0v) is 10.1. The Morgan fingerprint density at radius 2 is 2.12 bits per heavy atom. The predicted octanol–water partition coefficient (Wildman–Crippen LogP) is 3.31. The number of nitrogens with zero attached hydrogens (tertiary/aromatic N) is 2. The summed E-state index contributed by atoms with van der Waals surface area (Å²) in [4.78, 5) is 12.4. The van der Waals surface area contributed by atoms with E-state index in [2.05, 4.69) is 40.9 Å². The summed E-state index contributed by atoms with van der Waals surface area (Å²) >= 11 is 0. The third kappa shape index (κ3) is 1.78. The highest BCUT2D eigenvalue weighted by Gasteiger charge is 2.07. The first-order valence-corrected chi connectivity index (χ1v) is 5.96. The second-order valence-corrected chi connectivity index (χ2v) is 4.81. The Morgan fingerprint density at radius 1 is 1.24 bits per heavy atom. The number of hydrogen-bond acceptors (Lipinski definition) is 2. The summed E-state index contributed by atoms with van der Waals surface area (Å²) in [5.41, 5.74) is 3.13. The molecule has 3 nitrogen and oxygen atoms in total. The number of H-pyrrole nitrogens is 1. The number of nitrogens with one attached hydrogen (secondary N) is 1. The van der Waals surface area contributed by atoms with E-state index in [4.69, 9.17) is 0 Å². The molecule has 86 valence electrons. The second kappa shape index (κ2) is 3.84. The van der Waals surface area contributed by atoms with Gasteiger partial charge in [-0.1, -0.05) is 13.8 Å². The standard InChI is InChI=1S/C14H15N3/c1-9(2)8-13-16-12-6-5-11-10(14(12)17-13)4-3-7-15-11/h3-7,9H,8H2,1-2H3,(H,16,17). The van der Waals surface area contributed by atoms with Crippen molar-refractivity contribution in [3.8, 4) is 0 Å².